The Bertz CT molecular complexity index is 343. The third kappa shape index (κ3) is 4.44. The fourth-order valence-electron chi connectivity index (χ4n) is 1.47. The van der Waals surface area contributed by atoms with Crippen molar-refractivity contribution in [3.8, 4) is 5.88 Å². The molecule has 1 aromatic rings. The van der Waals surface area contributed by atoms with Crippen LogP contribution in [0, 0.1) is 0 Å². The number of anilines is 1. The fourth-order valence-corrected chi connectivity index (χ4v) is 2.41. The Balaban J connectivity index is 2.50. The van der Waals surface area contributed by atoms with Gasteiger partial charge in [0.1, 0.15) is 5.03 Å². The molecule has 1 heterocycles. The van der Waals surface area contributed by atoms with Crippen molar-refractivity contribution >= 4 is 17.4 Å². The first-order valence-corrected chi connectivity index (χ1v) is 6.85. The van der Waals surface area contributed by atoms with Crippen molar-refractivity contribution in [1.82, 2.24) is 9.88 Å². The molecule has 0 saturated heterocycles. The van der Waals surface area contributed by atoms with Gasteiger partial charge in [-0.15, -0.1) is 11.8 Å². The molecule has 0 saturated carbocycles. The Morgan fingerprint density at radius 2 is 2.06 bits per heavy atom. The number of ether oxygens (including phenoxy) is 1. The summed E-state index contributed by atoms with van der Waals surface area (Å²) in [6.07, 6.45) is 0. The van der Waals surface area contributed by atoms with Gasteiger partial charge in [-0.1, -0.05) is 13.8 Å². The van der Waals surface area contributed by atoms with Crippen LogP contribution >= 0.6 is 11.8 Å². The molecule has 0 amide bonds. The van der Waals surface area contributed by atoms with Gasteiger partial charge in [0.05, 0.1) is 12.8 Å². The largest absolute Gasteiger partial charge is 0.481 e. The summed E-state index contributed by atoms with van der Waals surface area (Å²) in [6, 6.07) is 3.62. The Morgan fingerprint density at radius 3 is 2.65 bits per heavy atom. The number of aromatic nitrogens is 1. The van der Waals surface area contributed by atoms with E-state index in [4.69, 9.17) is 10.5 Å². The molecule has 2 N–H and O–H groups in total. The highest BCUT2D eigenvalue weighted by Crippen LogP contribution is 2.25. The van der Waals surface area contributed by atoms with Gasteiger partial charge in [-0.2, -0.15) is 0 Å². The SMILES string of the molecule is CCN(CC)CCSc1nc(OC)ccc1N. The zero-order valence-corrected chi connectivity index (χ0v) is 11.6. The minimum absolute atomic E-state index is 0.615. The molecule has 0 spiro atoms. The molecule has 0 atom stereocenters. The minimum atomic E-state index is 0.615. The van der Waals surface area contributed by atoms with Gasteiger partial charge in [-0.05, 0) is 19.2 Å². The number of rotatable bonds is 7. The van der Waals surface area contributed by atoms with Crippen molar-refractivity contribution in [1.29, 1.82) is 0 Å². The molecule has 17 heavy (non-hydrogen) atoms. The zero-order valence-electron chi connectivity index (χ0n) is 10.8. The Kier molecular flexibility index (Phi) is 6.15. The molecule has 5 heteroatoms. The first-order valence-electron chi connectivity index (χ1n) is 5.86. The summed E-state index contributed by atoms with van der Waals surface area (Å²) in [5.74, 6) is 1.61. The fraction of sp³-hybridized carbons (Fsp3) is 0.583. The maximum absolute atomic E-state index is 5.87. The average molecular weight is 255 g/mol. The second kappa shape index (κ2) is 7.40. The van der Waals surface area contributed by atoms with Gasteiger partial charge in [-0.25, -0.2) is 4.98 Å². The number of hydrogen-bond acceptors (Lipinski definition) is 5. The first kappa shape index (κ1) is 14.1. The van der Waals surface area contributed by atoms with Crippen LogP contribution in [0.5, 0.6) is 5.88 Å². The third-order valence-electron chi connectivity index (χ3n) is 2.61. The van der Waals surface area contributed by atoms with Crippen molar-refractivity contribution in [2.24, 2.45) is 0 Å². The Hall–Kier alpha value is -0.940. The predicted molar refractivity (Wildman–Crippen MR) is 73.7 cm³/mol. The van der Waals surface area contributed by atoms with Crippen LogP contribution in [-0.2, 0) is 0 Å². The molecule has 0 bridgehead atoms. The number of thioether (sulfide) groups is 1. The van der Waals surface area contributed by atoms with E-state index in [-0.39, 0.29) is 0 Å². The summed E-state index contributed by atoms with van der Waals surface area (Å²) in [5.41, 5.74) is 6.59. The topological polar surface area (TPSA) is 51.4 Å². The third-order valence-corrected chi connectivity index (χ3v) is 3.60. The van der Waals surface area contributed by atoms with Gasteiger partial charge < -0.3 is 15.4 Å². The lowest BCUT2D eigenvalue weighted by atomic mass is 10.4. The van der Waals surface area contributed by atoms with Crippen LogP contribution in [0.25, 0.3) is 0 Å². The van der Waals surface area contributed by atoms with Crippen LogP contribution in [0.3, 0.4) is 0 Å². The standard InChI is InChI=1S/C12H21N3OS/c1-4-15(5-2)8-9-17-12-10(13)6-7-11(14-12)16-3/h6-7H,4-5,8-9,13H2,1-3H3. The number of pyridine rings is 1. The summed E-state index contributed by atoms with van der Waals surface area (Å²) in [6.45, 7) is 7.56. The van der Waals surface area contributed by atoms with Crippen molar-refractivity contribution in [3.63, 3.8) is 0 Å². The van der Waals surface area contributed by atoms with Crippen LogP contribution in [-0.4, -0.2) is 42.4 Å². The van der Waals surface area contributed by atoms with Crippen molar-refractivity contribution < 1.29 is 4.74 Å². The molecule has 1 aromatic heterocycles. The van der Waals surface area contributed by atoms with Crippen molar-refractivity contribution in [2.75, 3.05) is 38.2 Å². The number of nitrogen functional groups attached to an aromatic ring is 1. The quantitative estimate of drug-likeness (QED) is 0.756. The molecule has 1 rings (SSSR count). The molecule has 0 unspecified atom stereocenters. The van der Waals surface area contributed by atoms with Crippen LogP contribution in [0.15, 0.2) is 17.2 Å². The Morgan fingerprint density at radius 1 is 1.35 bits per heavy atom. The average Bonchev–Trinajstić information content (AvgIpc) is 2.36. The highest BCUT2D eigenvalue weighted by atomic mass is 32.2. The van der Waals surface area contributed by atoms with E-state index < -0.39 is 0 Å². The van der Waals surface area contributed by atoms with Crippen LogP contribution < -0.4 is 10.5 Å². The van der Waals surface area contributed by atoms with Gasteiger partial charge >= 0.3 is 0 Å². The van der Waals surface area contributed by atoms with Gasteiger partial charge in [0.15, 0.2) is 0 Å². The van der Waals surface area contributed by atoms with E-state index in [0.29, 0.717) is 5.88 Å². The molecule has 4 nitrogen and oxygen atoms in total. The molecule has 0 aromatic carbocycles. The molecular formula is C12H21N3OS. The molecule has 0 aliphatic carbocycles. The van der Waals surface area contributed by atoms with Crippen molar-refractivity contribution in [3.05, 3.63) is 12.1 Å². The van der Waals surface area contributed by atoms with E-state index >= 15 is 0 Å². The molecule has 0 aliphatic heterocycles. The molecule has 96 valence electrons. The van der Waals surface area contributed by atoms with E-state index in [2.05, 4.69) is 23.7 Å². The van der Waals surface area contributed by atoms with Crippen LogP contribution in [0.4, 0.5) is 5.69 Å². The van der Waals surface area contributed by atoms with E-state index in [1.54, 1.807) is 24.9 Å². The van der Waals surface area contributed by atoms with E-state index in [0.717, 1.165) is 36.1 Å². The van der Waals surface area contributed by atoms with Gasteiger partial charge in [-0.3, -0.25) is 0 Å². The smallest absolute Gasteiger partial charge is 0.214 e. The lowest BCUT2D eigenvalue weighted by Gasteiger charge is -2.17. The molecule has 0 aliphatic rings. The van der Waals surface area contributed by atoms with Gasteiger partial charge in [0, 0.05) is 18.4 Å². The lowest BCUT2D eigenvalue weighted by molar-refractivity contribution is 0.324. The predicted octanol–water partition coefficient (Wildman–Crippen LogP) is 2.11. The van der Waals surface area contributed by atoms with Crippen molar-refractivity contribution in [2.45, 2.75) is 18.9 Å². The first-order chi connectivity index (χ1) is 8.21. The zero-order chi connectivity index (χ0) is 12.7. The summed E-state index contributed by atoms with van der Waals surface area (Å²) >= 11 is 1.68. The highest BCUT2D eigenvalue weighted by Gasteiger charge is 2.05. The summed E-state index contributed by atoms with van der Waals surface area (Å²) in [4.78, 5) is 6.71. The number of methoxy groups -OCH3 is 1. The van der Waals surface area contributed by atoms with Crippen LogP contribution in [0.1, 0.15) is 13.8 Å². The second-order valence-corrected chi connectivity index (χ2v) is 4.71. The molecule has 0 fully saturated rings. The summed E-state index contributed by atoms with van der Waals surface area (Å²) in [7, 11) is 1.61. The Labute approximate surface area is 108 Å². The van der Waals surface area contributed by atoms with E-state index in [9.17, 15) is 0 Å². The molecular weight excluding hydrogens is 234 g/mol. The second-order valence-electron chi connectivity index (χ2n) is 3.62. The maximum atomic E-state index is 5.87. The highest BCUT2D eigenvalue weighted by molar-refractivity contribution is 7.99. The number of hydrogen-bond donors (Lipinski definition) is 1. The summed E-state index contributed by atoms with van der Waals surface area (Å²) in [5, 5.41) is 0.858. The number of nitrogens with two attached hydrogens (primary N) is 1. The van der Waals surface area contributed by atoms with E-state index in [1.165, 1.54) is 0 Å². The monoisotopic (exact) mass is 255 g/mol. The minimum Gasteiger partial charge on any atom is -0.481 e. The van der Waals surface area contributed by atoms with Gasteiger partial charge in [0.25, 0.3) is 0 Å². The van der Waals surface area contributed by atoms with Crippen LogP contribution in [0.2, 0.25) is 0 Å². The molecule has 0 radical (unpaired) electrons. The lowest BCUT2D eigenvalue weighted by Crippen LogP contribution is -2.25. The number of nitrogens with zero attached hydrogens (tertiary/aromatic N) is 2. The van der Waals surface area contributed by atoms with Gasteiger partial charge in [0.2, 0.25) is 5.88 Å². The maximum Gasteiger partial charge on any atom is 0.214 e. The van der Waals surface area contributed by atoms with E-state index in [1.807, 2.05) is 6.07 Å². The summed E-state index contributed by atoms with van der Waals surface area (Å²) < 4.78 is 5.09. The normalized spacial score (nSPS) is 10.8.